The van der Waals surface area contributed by atoms with Crippen molar-refractivity contribution in [3.05, 3.63) is 59.2 Å². The Bertz CT molecular complexity index is 605. The molecule has 1 unspecified atom stereocenters. The molecule has 0 amide bonds. The number of carbonyl (C=O) groups excluding carboxylic acids is 1. The lowest BCUT2D eigenvalue weighted by Crippen LogP contribution is -2.17. The summed E-state index contributed by atoms with van der Waals surface area (Å²) in [6.45, 7) is 6.38. The lowest BCUT2D eigenvalue weighted by Gasteiger charge is -2.19. The zero-order valence-electron chi connectivity index (χ0n) is 12.3. The third-order valence-electron chi connectivity index (χ3n) is 3.93. The summed E-state index contributed by atoms with van der Waals surface area (Å²) in [4.78, 5) is 11.8. The molecule has 1 atom stereocenters. The van der Waals surface area contributed by atoms with E-state index in [0.717, 1.165) is 29.6 Å². The topological polar surface area (TPSA) is 50.1 Å². The molecule has 108 valence electrons. The van der Waals surface area contributed by atoms with E-state index in [-0.39, 0.29) is 11.9 Å². The van der Waals surface area contributed by atoms with Crippen LogP contribution in [0.3, 0.4) is 0 Å². The number of benzene rings is 1. The molecule has 0 N–H and O–H groups in total. The summed E-state index contributed by atoms with van der Waals surface area (Å²) in [6.07, 6.45) is 4.24. The molecule has 0 saturated heterocycles. The van der Waals surface area contributed by atoms with E-state index in [1.54, 1.807) is 0 Å². The van der Waals surface area contributed by atoms with Gasteiger partial charge in [-0.15, -0.1) is 6.58 Å². The maximum absolute atomic E-state index is 11.8. The molecule has 3 heteroatoms. The maximum atomic E-state index is 11.8. The van der Waals surface area contributed by atoms with Gasteiger partial charge in [0.25, 0.3) is 0 Å². The quantitative estimate of drug-likeness (QED) is 0.608. The van der Waals surface area contributed by atoms with E-state index in [1.165, 1.54) is 0 Å². The fourth-order valence-electron chi connectivity index (χ4n) is 2.55. The molecule has 1 aliphatic rings. The summed E-state index contributed by atoms with van der Waals surface area (Å²) >= 11 is 0. The Balaban J connectivity index is 2.07. The molecule has 0 fully saturated rings. The van der Waals surface area contributed by atoms with Crippen molar-refractivity contribution in [1.82, 2.24) is 0 Å². The molecule has 0 aromatic heterocycles. The molecule has 1 aromatic carbocycles. The Hall–Kier alpha value is -2.34. The minimum absolute atomic E-state index is 0.174. The Morgan fingerprint density at radius 1 is 1.43 bits per heavy atom. The van der Waals surface area contributed by atoms with Crippen LogP contribution in [0.2, 0.25) is 0 Å². The highest BCUT2D eigenvalue weighted by molar-refractivity contribution is 5.90. The predicted molar refractivity (Wildman–Crippen MR) is 81.6 cm³/mol. The largest absolute Gasteiger partial charge is 0.462 e. The Morgan fingerprint density at radius 3 is 2.71 bits per heavy atom. The summed E-state index contributed by atoms with van der Waals surface area (Å²) in [7, 11) is 0. The smallest absolute Gasteiger partial charge is 0.333 e. The van der Waals surface area contributed by atoms with Crippen LogP contribution in [0.5, 0.6) is 0 Å². The number of hydrogen-bond acceptors (Lipinski definition) is 3. The summed E-state index contributed by atoms with van der Waals surface area (Å²) in [5.74, 6) is -0.00541. The number of esters is 1. The second kappa shape index (κ2) is 6.90. The number of rotatable bonds is 5. The van der Waals surface area contributed by atoms with Gasteiger partial charge in [-0.25, -0.2) is 4.79 Å². The first-order valence-corrected chi connectivity index (χ1v) is 7.14. The predicted octanol–water partition coefficient (Wildman–Crippen LogP) is 3.87. The van der Waals surface area contributed by atoms with Crippen molar-refractivity contribution in [2.24, 2.45) is 0 Å². The second-order valence-corrected chi connectivity index (χ2v) is 5.26. The monoisotopic (exact) mass is 281 g/mol. The minimum atomic E-state index is -0.179. The first-order chi connectivity index (χ1) is 10.2. The standard InChI is InChI=1S/C18H19NO2/c1-3-15(16-6-4-14(12-19)5-7-16)8-9-17-13(2)10-11-21-18(17)20/h3-7,15H,1,8-11H2,2H3. The van der Waals surface area contributed by atoms with Crippen LogP contribution >= 0.6 is 0 Å². The van der Waals surface area contributed by atoms with E-state index >= 15 is 0 Å². The first kappa shape index (κ1) is 15.1. The zero-order chi connectivity index (χ0) is 15.2. The van der Waals surface area contributed by atoms with Crippen molar-refractivity contribution in [3.8, 4) is 6.07 Å². The second-order valence-electron chi connectivity index (χ2n) is 5.26. The van der Waals surface area contributed by atoms with Crippen molar-refractivity contribution in [1.29, 1.82) is 5.26 Å². The van der Waals surface area contributed by atoms with Crippen molar-refractivity contribution in [2.75, 3.05) is 6.61 Å². The van der Waals surface area contributed by atoms with Gasteiger partial charge in [-0.3, -0.25) is 0 Å². The van der Waals surface area contributed by atoms with Gasteiger partial charge in [0.15, 0.2) is 0 Å². The highest BCUT2D eigenvalue weighted by atomic mass is 16.5. The van der Waals surface area contributed by atoms with Gasteiger partial charge in [-0.05, 0) is 37.5 Å². The summed E-state index contributed by atoms with van der Waals surface area (Å²) in [5.41, 5.74) is 3.71. The van der Waals surface area contributed by atoms with E-state index in [2.05, 4.69) is 12.6 Å². The Labute approximate surface area is 125 Å². The van der Waals surface area contributed by atoms with E-state index < -0.39 is 0 Å². The average Bonchev–Trinajstić information content (AvgIpc) is 2.51. The Kier molecular flexibility index (Phi) is 4.94. The lowest BCUT2D eigenvalue weighted by atomic mass is 9.90. The van der Waals surface area contributed by atoms with Crippen LogP contribution in [0.4, 0.5) is 0 Å². The van der Waals surface area contributed by atoms with Gasteiger partial charge >= 0.3 is 5.97 Å². The lowest BCUT2D eigenvalue weighted by molar-refractivity contribution is -0.140. The van der Waals surface area contributed by atoms with Gasteiger partial charge in [0.05, 0.1) is 18.2 Å². The third-order valence-corrected chi connectivity index (χ3v) is 3.93. The van der Waals surface area contributed by atoms with Crippen LogP contribution in [0.1, 0.15) is 43.2 Å². The number of allylic oxidation sites excluding steroid dienone is 1. The molecule has 0 bridgehead atoms. The van der Waals surface area contributed by atoms with Gasteiger partial charge in [0.2, 0.25) is 0 Å². The van der Waals surface area contributed by atoms with E-state index in [9.17, 15) is 4.79 Å². The maximum Gasteiger partial charge on any atom is 0.333 e. The summed E-state index contributed by atoms with van der Waals surface area (Å²) in [5, 5.41) is 8.83. The van der Waals surface area contributed by atoms with Crippen LogP contribution in [0.15, 0.2) is 48.1 Å². The van der Waals surface area contributed by atoms with E-state index in [4.69, 9.17) is 10.00 Å². The van der Waals surface area contributed by atoms with Gasteiger partial charge < -0.3 is 4.74 Å². The van der Waals surface area contributed by atoms with Crippen molar-refractivity contribution in [3.63, 3.8) is 0 Å². The summed E-state index contributed by atoms with van der Waals surface area (Å²) in [6, 6.07) is 9.63. The van der Waals surface area contributed by atoms with Crippen molar-refractivity contribution >= 4 is 5.97 Å². The summed E-state index contributed by atoms with van der Waals surface area (Å²) < 4.78 is 5.10. The van der Waals surface area contributed by atoms with E-state index in [0.29, 0.717) is 18.6 Å². The molecular formula is C18H19NO2. The van der Waals surface area contributed by atoms with Crippen LogP contribution in [0, 0.1) is 11.3 Å². The third kappa shape index (κ3) is 3.61. The number of carbonyl (C=O) groups is 1. The fourth-order valence-corrected chi connectivity index (χ4v) is 2.55. The normalized spacial score (nSPS) is 16.1. The molecule has 3 nitrogen and oxygen atoms in total. The van der Waals surface area contributed by atoms with Gasteiger partial charge in [0.1, 0.15) is 0 Å². The van der Waals surface area contributed by atoms with Crippen LogP contribution in [-0.2, 0) is 9.53 Å². The molecule has 0 saturated carbocycles. The van der Waals surface area contributed by atoms with Gasteiger partial charge in [-0.2, -0.15) is 5.26 Å². The van der Waals surface area contributed by atoms with Gasteiger partial charge in [0, 0.05) is 17.9 Å². The Morgan fingerprint density at radius 2 is 2.14 bits per heavy atom. The molecule has 0 radical (unpaired) electrons. The zero-order valence-corrected chi connectivity index (χ0v) is 12.3. The van der Waals surface area contributed by atoms with E-state index in [1.807, 2.05) is 37.3 Å². The first-order valence-electron chi connectivity index (χ1n) is 7.14. The van der Waals surface area contributed by atoms with Crippen LogP contribution in [-0.4, -0.2) is 12.6 Å². The minimum Gasteiger partial charge on any atom is -0.462 e. The fraction of sp³-hybridized carbons (Fsp3) is 0.333. The number of nitrogens with zero attached hydrogens (tertiary/aromatic N) is 1. The molecule has 21 heavy (non-hydrogen) atoms. The highest BCUT2D eigenvalue weighted by Gasteiger charge is 2.20. The average molecular weight is 281 g/mol. The molecular weight excluding hydrogens is 262 g/mol. The molecule has 1 aliphatic heterocycles. The number of cyclic esters (lactones) is 1. The number of nitriles is 1. The SMILES string of the molecule is C=CC(CCC1=C(C)CCOC1=O)c1ccc(C#N)cc1. The van der Waals surface area contributed by atoms with Crippen LogP contribution < -0.4 is 0 Å². The van der Waals surface area contributed by atoms with Crippen molar-refractivity contribution < 1.29 is 9.53 Å². The molecule has 2 rings (SSSR count). The molecule has 1 heterocycles. The highest BCUT2D eigenvalue weighted by Crippen LogP contribution is 2.28. The van der Waals surface area contributed by atoms with Crippen molar-refractivity contribution in [2.45, 2.75) is 32.1 Å². The van der Waals surface area contributed by atoms with Crippen LogP contribution in [0.25, 0.3) is 0 Å². The molecule has 0 spiro atoms. The number of hydrogen-bond donors (Lipinski definition) is 0. The number of ether oxygens (including phenoxy) is 1. The van der Waals surface area contributed by atoms with Gasteiger partial charge in [-0.1, -0.05) is 23.8 Å². The molecule has 1 aromatic rings. The molecule has 0 aliphatic carbocycles.